The molecule has 0 unspecified atom stereocenters. The van der Waals surface area contributed by atoms with Gasteiger partial charge in [-0.05, 0) is 44.1 Å². The maximum atomic E-state index is 12.6. The van der Waals surface area contributed by atoms with Crippen LogP contribution in [0.25, 0.3) is 5.65 Å². The van der Waals surface area contributed by atoms with Crippen molar-refractivity contribution in [2.45, 2.75) is 47.0 Å². The van der Waals surface area contributed by atoms with E-state index in [9.17, 15) is 4.79 Å². The minimum absolute atomic E-state index is 0.218. The van der Waals surface area contributed by atoms with Gasteiger partial charge in [-0.15, -0.1) is 0 Å². The zero-order valence-corrected chi connectivity index (χ0v) is 15.4. The van der Waals surface area contributed by atoms with E-state index < -0.39 is 0 Å². The summed E-state index contributed by atoms with van der Waals surface area (Å²) in [5.74, 6) is 1.36. The van der Waals surface area contributed by atoms with Gasteiger partial charge in [0, 0.05) is 30.9 Å². The quantitative estimate of drug-likeness (QED) is 0.861. The Hall–Kier alpha value is -2.42. The Morgan fingerprint density at radius 2 is 2.00 bits per heavy atom. The van der Waals surface area contributed by atoms with Gasteiger partial charge in [-0.25, -0.2) is 9.50 Å². The SMILES string of the molecule is Cc1nc2c(C#N)cnn2c(C)c1CCC(=O)N1C[C@H](C)C[C@@H](C)C1. The minimum atomic E-state index is 0.218. The third kappa shape index (κ3) is 3.37. The molecule has 0 aliphatic carbocycles. The number of likely N-dealkylation sites (tertiary alicyclic amines) is 1. The number of piperidine rings is 1. The van der Waals surface area contributed by atoms with Crippen LogP contribution >= 0.6 is 0 Å². The largest absolute Gasteiger partial charge is 0.342 e. The fourth-order valence-electron chi connectivity index (χ4n) is 4.01. The predicted octanol–water partition coefficient (Wildman–Crippen LogP) is 2.65. The van der Waals surface area contributed by atoms with Crippen LogP contribution in [0.15, 0.2) is 6.20 Å². The van der Waals surface area contributed by atoms with Crippen LogP contribution < -0.4 is 0 Å². The molecule has 2 aromatic rings. The molecule has 6 heteroatoms. The van der Waals surface area contributed by atoms with Crippen molar-refractivity contribution in [3.63, 3.8) is 0 Å². The van der Waals surface area contributed by atoms with Crippen LogP contribution in [0.1, 0.15) is 49.2 Å². The second-order valence-corrected chi connectivity index (χ2v) is 7.41. The molecule has 0 bridgehead atoms. The smallest absolute Gasteiger partial charge is 0.222 e. The van der Waals surface area contributed by atoms with Crippen molar-refractivity contribution in [1.29, 1.82) is 5.26 Å². The number of amides is 1. The van der Waals surface area contributed by atoms with Crippen molar-refractivity contribution < 1.29 is 4.79 Å². The number of hydrogen-bond acceptors (Lipinski definition) is 4. The highest BCUT2D eigenvalue weighted by Crippen LogP contribution is 2.23. The minimum Gasteiger partial charge on any atom is -0.342 e. The van der Waals surface area contributed by atoms with Crippen LogP contribution in [0.4, 0.5) is 0 Å². The van der Waals surface area contributed by atoms with Crippen LogP contribution in [-0.2, 0) is 11.2 Å². The highest BCUT2D eigenvalue weighted by atomic mass is 16.2. The molecule has 1 amide bonds. The summed E-state index contributed by atoms with van der Waals surface area (Å²) in [6.07, 6.45) is 3.88. The van der Waals surface area contributed by atoms with E-state index in [-0.39, 0.29) is 5.91 Å². The molecule has 0 spiro atoms. The first-order chi connectivity index (χ1) is 11.9. The van der Waals surface area contributed by atoms with Crippen LogP contribution in [0, 0.1) is 37.0 Å². The lowest BCUT2D eigenvalue weighted by molar-refractivity contribution is -0.133. The maximum Gasteiger partial charge on any atom is 0.222 e. The highest BCUT2D eigenvalue weighted by Gasteiger charge is 2.25. The van der Waals surface area contributed by atoms with E-state index in [1.165, 1.54) is 6.42 Å². The molecule has 3 rings (SSSR count). The summed E-state index contributed by atoms with van der Waals surface area (Å²) in [6.45, 7) is 10.1. The number of nitriles is 1. The lowest BCUT2D eigenvalue weighted by Gasteiger charge is -2.35. The molecular formula is C19H25N5O. The number of hydrogen-bond donors (Lipinski definition) is 0. The average molecular weight is 339 g/mol. The monoisotopic (exact) mass is 339 g/mol. The van der Waals surface area contributed by atoms with Crippen molar-refractivity contribution in [1.82, 2.24) is 19.5 Å². The molecule has 0 radical (unpaired) electrons. The molecule has 0 saturated carbocycles. The third-order valence-electron chi connectivity index (χ3n) is 5.14. The van der Waals surface area contributed by atoms with Gasteiger partial charge in [0.2, 0.25) is 5.91 Å². The molecule has 1 fully saturated rings. The molecule has 3 heterocycles. The topological polar surface area (TPSA) is 74.3 Å². The molecule has 2 atom stereocenters. The molecular weight excluding hydrogens is 314 g/mol. The zero-order chi connectivity index (χ0) is 18.1. The van der Waals surface area contributed by atoms with Gasteiger partial charge >= 0.3 is 0 Å². The Morgan fingerprint density at radius 3 is 2.64 bits per heavy atom. The van der Waals surface area contributed by atoms with Crippen molar-refractivity contribution in [3.05, 3.63) is 28.7 Å². The first kappa shape index (κ1) is 17.4. The van der Waals surface area contributed by atoms with Gasteiger partial charge in [0.05, 0.1) is 6.20 Å². The van der Waals surface area contributed by atoms with Gasteiger partial charge in [-0.1, -0.05) is 13.8 Å². The van der Waals surface area contributed by atoms with E-state index in [0.717, 1.165) is 30.0 Å². The normalized spacial score (nSPS) is 20.7. The second kappa shape index (κ2) is 6.83. The van der Waals surface area contributed by atoms with Crippen LogP contribution in [0.3, 0.4) is 0 Å². The van der Waals surface area contributed by atoms with E-state index in [1.807, 2.05) is 18.7 Å². The van der Waals surface area contributed by atoms with Gasteiger partial charge < -0.3 is 4.90 Å². The number of nitrogens with zero attached hydrogens (tertiary/aromatic N) is 5. The summed E-state index contributed by atoms with van der Waals surface area (Å²) in [6, 6.07) is 2.12. The van der Waals surface area contributed by atoms with Gasteiger partial charge in [0.15, 0.2) is 5.65 Å². The Bertz CT molecular complexity index is 838. The number of fused-ring (bicyclic) bond motifs is 1. The molecule has 1 aliphatic heterocycles. The first-order valence-electron chi connectivity index (χ1n) is 8.92. The molecule has 0 N–H and O–H groups in total. The van der Waals surface area contributed by atoms with Crippen LogP contribution in [0.5, 0.6) is 0 Å². The Kier molecular flexibility index (Phi) is 4.76. The molecule has 2 aromatic heterocycles. The second-order valence-electron chi connectivity index (χ2n) is 7.41. The Labute approximate surface area is 148 Å². The van der Waals surface area contributed by atoms with Gasteiger partial charge in [0.1, 0.15) is 11.6 Å². The summed E-state index contributed by atoms with van der Waals surface area (Å²) in [4.78, 5) is 19.2. The fraction of sp³-hybridized carbons (Fsp3) is 0.579. The Morgan fingerprint density at radius 1 is 1.32 bits per heavy atom. The highest BCUT2D eigenvalue weighted by molar-refractivity contribution is 5.76. The molecule has 0 aromatic carbocycles. The number of aryl methyl sites for hydroxylation is 2. The lowest BCUT2D eigenvalue weighted by atomic mass is 9.91. The third-order valence-corrected chi connectivity index (χ3v) is 5.14. The summed E-state index contributed by atoms with van der Waals surface area (Å²) in [7, 11) is 0. The summed E-state index contributed by atoms with van der Waals surface area (Å²) >= 11 is 0. The van der Waals surface area contributed by atoms with E-state index in [0.29, 0.717) is 35.9 Å². The number of carbonyl (C=O) groups is 1. The summed E-state index contributed by atoms with van der Waals surface area (Å²) < 4.78 is 1.70. The van der Waals surface area contributed by atoms with Crippen LogP contribution in [-0.4, -0.2) is 38.5 Å². The molecule has 25 heavy (non-hydrogen) atoms. The molecule has 132 valence electrons. The van der Waals surface area contributed by atoms with Gasteiger partial charge in [-0.2, -0.15) is 10.4 Å². The van der Waals surface area contributed by atoms with E-state index in [2.05, 4.69) is 30.0 Å². The average Bonchev–Trinajstić information content (AvgIpc) is 2.96. The zero-order valence-electron chi connectivity index (χ0n) is 15.4. The van der Waals surface area contributed by atoms with Gasteiger partial charge in [0.25, 0.3) is 0 Å². The molecule has 1 aliphatic rings. The van der Waals surface area contributed by atoms with Crippen molar-refractivity contribution in [2.75, 3.05) is 13.1 Å². The lowest BCUT2D eigenvalue weighted by Crippen LogP contribution is -2.42. The maximum absolute atomic E-state index is 12.6. The standard InChI is InChI=1S/C19H25N5O/c1-12-7-13(2)11-23(10-12)18(25)6-5-17-14(3)22-19-16(8-20)9-21-24(19)15(17)4/h9,12-13H,5-7,10-11H2,1-4H3/t12-,13-/m1/s1. The van der Waals surface area contributed by atoms with E-state index in [4.69, 9.17) is 5.26 Å². The molecule has 6 nitrogen and oxygen atoms in total. The van der Waals surface area contributed by atoms with Crippen LogP contribution in [0.2, 0.25) is 0 Å². The van der Waals surface area contributed by atoms with Crippen molar-refractivity contribution >= 4 is 11.6 Å². The predicted molar refractivity (Wildman–Crippen MR) is 95.0 cm³/mol. The fourth-order valence-corrected chi connectivity index (χ4v) is 4.01. The van der Waals surface area contributed by atoms with Crippen molar-refractivity contribution in [2.24, 2.45) is 11.8 Å². The first-order valence-corrected chi connectivity index (χ1v) is 8.92. The number of aromatic nitrogens is 3. The molecule has 1 saturated heterocycles. The number of carbonyl (C=O) groups excluding carboxylic acids is 1. The van der Waals surface area contributed by atoms with E-state index in [1.54, 1.807) is 10.7 Å². The number of rotatable bonds is 3. The van der Waals surface area contributed by atoms with E-state index >= 15 is 0 Å². The van der Waals surface area contributed by atoms with Crippen molar-refractivity contribution in [3.8, 4) is 6.07 Å². The summed E-state index contributed by atoms with van der Waals surface area (Å²) in [5, 5.41) is 13.4. The summed E-state index contributed by atoms with van der Waals surface area (Å²) in [5.41, 5.74) is 3.94. The Balaban J connectivity index is 1.77. The van der Waals surface area contributed by atoms with Gasteiger partial charge in [-0.3, -0.25) is 4.79 Å².